The molecule has 3 aliphatic carbocycles. The van der Waals surface area contributed by atoms with Crippen LogP contribution in [0.3, 0.4) is 0 Å². The molecule has 6 aliphatic rings. The van der Waals surface area contributed by atoms with E-state index in [9.17, 15) is 9.59 Å². The van der Waals surface area contributed by atoms with Crippen molar-refractivity contribution in [2.24, 2.45) is 35.5 Å². The highest BCUT2D eigenvalue weighted by Gasteiger charge is 2.51. The number of methoxy groups -OCH3 is 2. The first-order valence-electron chi connectivity index (χ1n) is 19.5. The van der Waals surface area contributed by atoms with Crippen molar-refractivity contribution >= 4 is 11.8 Å². The summed E-state index contributed by atoms with van der Waals surface area (Å²) < 4.78 is 43.6. The molecule has 0 amide bonds. The summed E-state index contributed by atoms with van der Waals surface area (Å²) in [5.74, 6) is 0.179. The second kappa shape index (κ2) is 16.6. The van der Waals surface area contributed by atoms with Crippen molar-refractivity contribution in [3.05, 3.63) is 23.8 Å². The average Bonchev–Trinajstić information content (AvgIpc) is 3.66. The maximum Gasteiger partial charge on any atom is 0.306 e. The van der Waals surface area contributed by atoms with Crippen LogP contribution in [0.25, 0.3) is 0 Å². The predicted molar refractivity (Wildman–Crippen MR) is 188 cm³/mol. The maximum atomic E-state index is 14.6. The van der Waals surface area contributed by atoms with Crippen molar-refractivity contribution in [2.75, 3.05) is 28.3 Å². The molecule has 0 radical (unpaired) electrons. The number of hydrogen-bond donors (Lipinski definition) is 0. The molecule has 0 N–H and O–H groups in total. The van der Waals surface area contributed by atoms with Crippen LogP contribution in [-0.4, -0.2) is 106 Å². The Labute approximate surface area is 299 Å². The Morgan fingerprint density at radius 1 is 0.880 bits per heavy atom. The summed E-state index contributed by atoms with van der Waals surface area (Å²) in [6.07, 6.45) is 12.8. The lowest BCUT2D eigenvalue weighted by Gasteiger charge is -2.40. The third-order valence-electron chi connectivity index (χ3n) is 12.8. The normalized spacial score (nSPS) is 45.6. The Morgan fingerprint density at radius 3 is 2.38 bits per heavy atom. The van der Waals surface area contributed by atoms with Gasteiger partial charge in [-0.3, -0.25) is 9.59 Å². The summed E-state index contributed by atoms with van der Waals surface area (Å²) in [5, 5.41) is 0. The van der Waals surface area contributed by atoms with Gasteiger partial charge in [-0.2, -0.15) is 0 Å². The zero-order chi connectivity index (χ0) is 35.7. The van der Waals surface area contributed by atoms with Crippen LogP contribution in [0.5, 0.6) is 0 Å². The molecule has 0 spiro atoms. The Hall–Kier alpha value is -1.66. The van der Waals surface area contributed by atoms with E-state index >= 15 is 0 Å². The molecule has 10 nitrogen and oxygen atoms in total. The molecule has 16 atom stereocenters. The van der Waals surface area contributed by atoms with Crippen LogP contribution in [0.2, 0.25) is 0 Å². The molecule has 0 unspecified atom stereocenters. The van der Waals surface area contributed by atoms with Gasteiger partial charge in [0, 0.05) is 38.5 Å². The molecular formula is C40H63NO9. The van der Waals surface area contributed by atoms with Crippen molar-refractivity contribution < 1.29 is 42.7 Å². The summed E-state index contributed by atoms with van der Waals surface area (Å²) in [5.41, 5.74) is 0.777. The van der Waals surface area contributed by atoms with Crippen molar-refractivity contribution in [1.29, 1.82) is 0 Å². The van der Waals surface area contributed by atoms with Crippen LogP contribution >= 0.6 is 0 Å². The number of fused-ring (bicyclic) bond motifs is 5. The monoisotopic (exact) mass is 701 g/mol. The third-order valence-corrected chi connectivity index (χ3v) is 12.8. The molecule has 282 valence electrons. The minimum atomic E-state index is -0.499. The number of hydrogen-bond acceptors (Lipinski definition) is 10. The molecule has 1 saturated carbocycles. The number of ether oxygens (including phenoxy) is 7. The van der Waals surface area contributed by atoms with Crippen molar-refractivity contribution in [1.82, 2.24) is 4.90 Å². The summed E-state index contributed by atoms with van der Waals surface area (Å²) >= 11 is 0. The van der Waals surface area contributed by atoms with Gasteiger partial charge < -0.3 is 38.1 Å². The number of rotatable bonds is 8. The Bertz CT molecular complexity index is 1240. The number of Topliss-reactive ketones (excluding diaryl/α,β-unsaturated/α-hetero) is 1. The van der Waals surface area contributed by atoms with Gasteiger partial charge in [-0.1, -0.05) is 32.1 Å². The van der Waals surface area contributed by atoms with Gasteiger partial charge >= 0.3 is 5.97 Å². The van der Waals surface area contributed by atoms with E-state index in [2.05, 4.69) is 51.1 Å². The van der Waals surface area contributed by atoms with Crippen molar-refractivity contribution in [3.8, 4) is 0 Å². The standard InChI is InChI=1S/C40H63NO9/c1-9-26-11-10-12-34(50-37-16-15-33(41(5)6)24(4)47-37)23(3)38(43)32-20-30-28(31(32)21-36(42)48-26)14-13-25-18-27(19-29(25)30)49-40-39(45-8)35(44-7)17-22(2)46-40/h13-14,20,22-31,33-35,37,39-40H,9-12,15-19,21H2,1-8H3/t22-,23-,24+,25+,26+,27+,28+,29+,30+,31-,33-,34-,35+,37-,39+,40-/m0/s1. The van der Waals surface area contributed by atoms with Crippen LogP contribution in [0, 0.1) is 35.5 Å². The minimum absolute atomic E-state index is 0.00322. The smallest absolute Gasteiger partial charge is 0.306 e. The van der Waals surface area contributed by atoms with E-state index < -0.39 is 6.29 Å². The van der Waals surface area contributed by atoms with Gasteiger partial charge in [0.25, 0.3) is 0 Å². The first kappa shape index (κ1) is 38.1. The molecular weight excluding hydrogens is 638 g/mol. The van der Waals surface area contributed by atoms with Crippen LogP contribution in [-0.2, 0) is 42.7 Å². The highest BCUT2D eigenvalue weighted by Crippen LogP contribution is 2.54. The summed E-state index contributed by atoms with van der Waals surface area (Å²) in [6.45, 7) is 8.25. The fourth-order valence-corrected chi connectivity index (χ4v) is 10.1. The first-order valence-corrected chi connectivity index (χ1v) is 19.5. The number of esters is 1. The maximum absolute atomic E-state index is 14.6. The van der Waals surface area contributed by atoms with E-state index in [0.29, 0.717) is 17.9 Å². The van der Waals surface area contributed by atoms with E-state index in [4.69, 9.17) is 33.2 Å². The van der Waals surface area contributed by atoms with Crippen molar-refractivity contribution in [3.63, 3.8) is 0 Å². The van der Waals surface area contributed by atoms with E-state index in [1.54, 1.807) is 14.2 Å². The molecule has 6 rings (SSSR count). The lowest BCUT2D eigenvalue weighted by atomic mass is 9.70. The molecule has 3 heterocycles. The third kappa shape index (κ3) is 8.12. The van der Waals surface area contributed by atoms with Gasteiger partial charge in [0.2, 0.25) is 0 Å². The molecule has 50 heavy (non-hydrogen) atoms. The van der Waals surface area contributed by atoms with Crippen molar-refractivity contribution in [2.45, 2.75) is 153 Å². The van der Waals surface area contributed by atoms with Crippen LogP contribution in [0.4, 0.5) is 0 Å². The fraction of sp³-hybridized carbons (Fsp3) is 0.850. The molecule has 0 aromatic heterocycles. The number of cyclic esters (lactones) is 1. The number of carbonyl (C=O) groups excluding carboxylic acids is 2. The quantitative estimate of drug-likeness (QED) is 0.226. The largest absolute Gasteiger partial charge is 0.462 e. The van der Waals surface area contributed by atoms with Gasteiger partial charge in [-0.05, 0) is 109 Å². The number of carbonyl (C=O) groups is 2. The van der Waals surface area contributed by atoms with Gasteiger partial charge in [-0.25, -0.2) is 0 Å². The number of nitrogens with zero attached hydrogens (tertiary/aromatic N) is 1. The summed E-state index contributed by atoms with van der Waals surface area (Å²) in [7, 11) is 7.58. The second-order valence-electron chi connectivity index (χ2n) is 16.2. The Kier molecular flexibility index (Phi) is 12.6. The first-order chi connectivity index (χ1) is 24.0. The molecule has 0 aromatic carbocycles. The van der Waals surface area contributed by atoms with E-state index in [1.165, 1.54) is 0 Å². The fourth-order valence-electron chi connectivity index (χ4n) is 10.1. The zero-order valence-electron chi connectivity index (χ0n) is 31.7. The number of allylic oxidation sites excluding steroid dienone is 4. The molecule has 0 aromatic rings. The lowest BCUT2D eigenvalue weighted by Crippen LogP contribution is -2.51. The predicted octanol–water partition coefficient (Wildman–Crippen LogP) is 5.86. The molecule has 3 aliphatic heterocycles. The van der Waals surface area contributed by atoms with Gasteiger partial charge in [-0.15, -0.1) is 0 Å². The lowest BCUT2D eigenvalue weighted by molar-refractivity contribution is -0.285. The highest BCUT2D eigenvalue weighted by atomic mass is 16.7. The Morgan fingerprint density at radius 2 is 1.68 bits per heavy atom. The minimum Gasteiger partial charge on any atom is -0.462 e. The average molecular weight is 702 g/mol. The molecule has 0 bridgehead atoms. The van der Waals surface area contributed by atoms with Gasteiger partial charge in [0.15, 0.2) is 18.4 Å². The molecule has 10 heteroatoms. The topological polar surface area (TPSA) is 102 Å². The molecule has 4 fully saturated rings. The summed E-state index contributed by atoms with van der Waals surface area (Å²) in [4.78, 5) is 30.3. The molecule has 3 saturated heterocycles. The van der Waals surface area contributed by atoms with E-state index in [0.717, 1.165) is 63.4 Å². The zero-order valence-corrected chi connectivity index (χ0v) is 31.7. The van der Waals surface area contributed by atoms with E-state index in [-0.39, 0.29) is 90.9 Å². The highest BCUT2D eigenvalue weighted by molar-refractivity contribution is 5.99. The Balaban J connectivity index is 1.21. The summed E-state index contributed by atoms with van der Waals surface area (Å²) in [6, 6.07) is 0.345. The van der Waals surface area contributed by atoms with Crippen LogP contribution in [0.1, 0.15) is 91.9 Å². The SMILES string of the molecule is CC[C@@H]1CCC[C@H](O[C@H]2CC[C@H](N(C)C)[C@@H](C)O2)[C@H](C)C(=O)C2=C[C@@H]3[C@@H](C=C[C@@H]4C[C@@H](O[C@@H]5O[C@@H](C)C[C@@H](OC)[C@H]5OC)C[C@@H]34)[C@@H]2CC(=O)O1. The van der Waals surface area contributed by atoms with Crippen LogP contribution < -0.4 is 0 Å². The van der Waals surface area contributed by atoms with E-state index in [1.807, 2.05) is 13.8 Å². The number of likely N-dealkylation sites (N-methyl/N-ethyl adjacent to an activating group) is 1. The van der Waals surface area contributed by atoms with Gasteiger partial charge in [0.1, 0.15) is 12.2 Å². The van der Waals surface area contributed by atoms with Gasteiger partial charge in [0.05, 0.1) is 36.9 Å². The van der Waals surface area contributed by atoms with Crippen LogP contribution in [0.15, 0.2) is 23.8 Å². The number of ketones is 1. The second-order valence-corrected chi connectivity index (χ2v) is 16.2.